The van der Waals surface area contributed by atoms with E-state index in [2.05, 4.69) is 9.73 Å². The third-order valence-corrected chi connectivity index (χ3v) is 8.27. The number of carboxylic acid groups (broad SMARTS) is 1. The van der Waals surface area contributed by atoms with Gasteiger partial charge in [0.2, 0.25) is 4.80 Å². The van der Waals surface area contributed by atoms with Crippen molar-refractivity contribution in [1.29, 1.82) is 0 Å². The molecule has 2 heterocycles. The normalized spacial score (nSPS) is 15.8. The number of aliphatic carboxylic acids is 1. The number of methoxy groups -OCH3 is 1. The molecule has 1 aliphatic heterocycles. The van der Waals surface area contributed by atoms with Crippen molar-refractivity contribution in [2.24, 2.45) is 10.7 Å². The second-order valence-electron chi connectivity index (χ2n) is 7.82. The molecule has 1 aromatic carbocycles. The van der Waals surface area contributed by atoms with E-state index in [1.165, 1.54) is 19.8 Å². The van der Waals surface area contributed by atoms with E-state index in [9.17, 15) is 23.3 Å². The Hall–Kier alpha value is -1.96. The van der Waals surface area contributed by atoms with Crippen LogP contribution < -0.4 is 15.4 Å². The van der Waals surface area contributed by atoms with Crippen LogP contribution in [-0.2, 0) is 32.0 Å². The summed E-state index contributed by atoms with van der Waals surface area (Å²) in [4.78, 5) is 47.4. The second-order valence-corrected chi connectivity index (χ2v) is 12.7. The number of aromatic nitrogens is 2. The molecule has 0 spiro atoms. The number of hydrogen-bond acceptors (Lipinski definition) is 9. The first-order valence-electron chi connectivity index (χ1n) is 10.6. The fraction of sp³-hybridized carbons (Fsp3) is 0.500. The summed E-state index contributed by atoms with van der Waals surface area (Å²) < 4.78 is 32.9. The topological polar surface area (TPSA) is 166 Å². The summed E-state index contributed by atoms with van der Waals surface area (Å²) in [7, 11) is -1.81. The molecule has 3 rings (SSSR count). The first kappa shape index (κ1) is 30.3. The van der Waals surface area contributed by atoms with Crippen molar-refractivity contribution in [3.05, 3.63) is 37.4 Å². The molecule has 1 aliphatic rings. The Labute approximate surface area is 219 Å². The van der Waals surface area contributed by atoms with Crippen molar-refractivity contribution in [3.8, 4) is 0 Å². The number of thioether (sulfide) groups is 1. The SMILES string of the molecule is COC(=O)CSc1cc(N=c2sc(=O)n3n2CCCC3)c(F)cc1Cl.CP(=O)(O)CCC(N)C(=O)O. The van der Waals surface area contributed by atoms with Gasteiger partial charge < -0.3 is 20.5 Å². The monoisotopic (exact) mass is 584 g/mol. The van der Waals surface area contributed by atoms with Gasteiger partial charge in [0, 0.05) is 30.8 Å². The number of fused-ring (bicyclic) bond motifs is 1. The van der Waals surface area contributed by atoms with Gasteiger partial charge in [-0.3, -0.25) is 23.6 Å². The van der Waals surface area contributed by atoms with Crippen LogP contribution >= 0.6 is 42.1 Å². The van der Waals surface area contributed by atoms with Gasteiger partial charge in [0.05, 0.1) is 17.9 Å². The number of esters is 1. The minimum atomic E-state index is -3.10. The van der Waals surface area contributed by atoms with Gasteiger partial charge in [-0.15, -0.1) is 11.8 Å². The molecule has 16 heteroatoms. The number of ether oxygens (including phenoxy) is 1. The minimum Gasteiger partial charge on any atom is -0.480 e. The Kier molecular flexibility index (Phi) is 11.4. The first-order valence-corrected chi connectivity index (χ1v) is 15.1. The van der Waals surface area contributed by atoms with Crippen LogP contribution in [0.5, 0.6) is 0 Å². The Morgan fingerprint density at radius 2 is 2.00 bits per heavy atom. The number of carbonyl (C=O) groups is 2. The molecule has 0 fully saturated rings. The van der Waals surface area contributed by atoms with Gasteiger partial charge in [0.15, 0.2) is 7.37 Å². The van der Waals surface area contributed by atoms with Crippen LogP contribution in [0.2, 0.25) is 5.02 Å². The van der Waals surface area contributed by atoms with Gasteiger partial charge >= 0.3 is 16.8 Å². The van der Waals surface area contributed by atoms with E-state index in [0.29, 0.717) is 22.8 Å². The van der Waals surface area contributed by atoms with E-state index >= 15 is 0 Å². The van der Waals surface area contributed by atoms with E-state index in [1.807, 2.05) is 0 Å². The lowest BCUT2D eigenvalue weighted by Gasteiger charge is -2.15. The Balaban J connectivity index is 0.000000352. The van der Waals surface area contributed by atoms with Crippen LogP contribution in [-0.4, -0.2) is 63.0 Å². The smallest absolute Gasteiger partial charge is 0.325 e. The lowest BCUT2D eigenvalue weighted by atomic mass is 10.2. The molecule has 0 saturated carbocycles. The zero-order valence-corrected chi connectivity index (χ0v) is 22.8. The summed E-state index contributed by atoms with van der Waals surface area (Å²) in [5.74, 6) is -2.06. The molecular formula is C20H27ClFN4O7PS2. The molecule has 0 aliphatic carbocycles. The lowest BCUT2D eigenvalue weighted by Crippen LogP contribution is -2.31. The van der Waals surface area contributed by atoms with Crippen LogP contribution in [0.25, 0.3) is 0 Å². The van der Waals surface area contributed by atoms with E-state index in [-0.39, 0.29) is 33.9 Å². The van der Waals surface area contributed by atoms with Crippen molar-refractivity contribution in [3.63, 3.8) is 0 Å². The second kappa shape index (κ2) is 13.5. The molecular weight excluding hydrogens is 558 g/mol. The number of carbonyl (C=O) groups excluding carboxylic acids is 1. The summed E-state index contributed by atoms with van der Waals surface area (Å²) >= 11 is 8.17. The molecule has 1 aromatic heterocycles. The molecule has 0 bridgehead atoms. The molecule has 0 radical (unpaired) electrons. The molecule has 11 nitrogen and oxygen atoms in total. The number of rotatable bonds is 8. The van der Waals surface area contributed by atoms with Crippen LogP contribution in [0, 0.1) is 5.82 Å². The third kappa shape index (κ3) is 9.16. The number of benzene rings is 1. The van der Waals surface area contributed by atoms with E-state index in [1.54, 1.807) is 9.36 Å². The Morgan fingerprint density at radius 1 is 1.36 bits per heavy atom. The van der Waals surface area contributed by atoms with Crippen molar-refractivity contribution < 1.29 is 33.3 Å². The van der Waals surface area contributed by atoms with E-state index < -0.39 is 31.2 Å². The zero-order valence-electron chi connectivity index (χ0n) is 19.6. The predicted octanol–water partition coefficient (Wildman–Crippen LogP) is 2.48. The number of nitrogens with two attached hydrogens (primary N) is 1. The number of carboxylic acids is 1. The summed E-state index contributed by atoms with van der Waals surface area (Å²) in [5.41, 5.74) is 5.17. The van der Waals surface area contributed by atoms with Crippen LogP contribution in [0.15, 0.2) is 26.8 Å². The van der Waals surface area contributed by atoms with Gasteiger partial charge in [0.1, 0.15) is 17.5 Å². The number of halogens is 2. The minimum absolute atomic E-state index is 0.0412. The van der Waals surface area contributed by atoms with Gasteiger partial charge in [-0.25, -0.2) is 14.1 Å². The summed E-state index contributed by atoms with van der Waals surface area (Å²) in [6, 6.07) is 1.61. The lowest BCUT2D eigenvalue weighted by molar-refractivity contribution is -0.139. The predicted molar refractivity (Wildman–Crippen MR) is 136 cm³/mol. The van der Waals surface area contributed by atoms with Crippen molar-refractivity contribution in [1.82, 2.24) is 9.36 Å². The number of hydrogen-bond donors (Lipinski definition) is 3. The molecule has 2 unspecified atom stereocenters. The van der Waals surface area contributed by atoms with Gasteiger partial charge in [0.25, 0.3) is 0 Å². The van der Waals surface area contributed by atoms with Crippen molar-refractivity contribution in [2.45, 2.75) is 43.3 Å². The van der Waals surface area contributed by atoms with Gasteiger partial charge in [-0.05, 0) is 42.7 Å². The molecule has 0 saturated heterocycles. The number of nitrogens with zero attached hydrogens (tertiary/aromatic N) is 3. The summed E-state index contributed by atoms with van der Waals surface area (Å²) in [6.45, 7) is 2.51. The molecule has 2 aromatic rings. The summed E-state index contributed by atoms with van der Waals surface area (Å²) in [6.07, 6.45) is 1.90. The zero-order chi connectivity index (χ0) is 27.0. The third-order valence-electron chi connectivity index (χ3n) is 4.85. The highest BCUT2D eigenvalue weighted by Crippen LogP contribution is 2.36. The average molecular weight is 585 g/mol. The maximum Gasteiger partial charge on any atom is 0.325 e. The van der Waals surface area contributed by atoms with E-state index in [4.69, 9.17) is 27.3 Å². The first-order chi connectivity index (χ1) is 16.8. The Morgan fingerprint density at radius 3 is 2.58 bits per heavy atom. The van der Waals surface area contributed by atoms with Crippen molar-refractivity contribution >= 4 is 59.7 Å². The largest absolute Gasteiger partial charge is 0.480 e. The van der Waals surface area contributed by atoms with Gasteiger partial charge in [-0.2, -0.15) is 0 Å². The maximum atomic E-state index is 14.3. The fourth-order valence-electron chi connectivity index (χ4n) is 2.93. The van der Waals surface area contributed by atoms with Crippen molar-refractivity contribution in [2.75, 3.05) is 25.7 Å². The maximum absolute atomic E-state index is 14.3. The highest BCUT2D eigenvalue weighted by Gasteiger charge is 2.17. The van der Waals surface area contributed by atoms with Gasteiger partial charge in [-0.1, -0.05) is 11.6 Å². The molecule has 0 amide bonds. The molecule has 36 heavy (non-hydrogen) atoms. The standard InChI is InChI=1S/C15H15ClFN3O3S2.C5H12NO4P/c1-23-13(21)8-24-12-7-11(10(17)6-9(12)16)18-14-19-4-2-3-5-20(19)15(22)25-14;1-11(9,10)3-2-4(6)5(7)8/h6-7H,2-5,8H2,1H3;4H,2-3,6H2,1H3,(H,7,8)(H,9,10). The molecule has 2 atom stereocenters. The molecule has 4 N–H and O–H groups in total. The summed E-state index contributed by atoms with van der Waals surface area (Å²) in [5, 5.41) is 8.48. The average Bonchev–Trinajstić information content (AvgIpc) is 3.13. The molecule has 200 valence electrons. The fourth-order valence-corrected chi connectivity index (χ4v) is 5.68. The highest BCUT2D eigenvalue weighted by molar-refractivity contribution is 8.00. The quantitative estimate of drug-likeness (QED) is 0.240. The highest BCUT2D eigenvalue weighted by atomic mass is 35.5. The van der Waals surface area contributed by atoms with Crippen LogP contribution in [0.3, 0.4) is 0 Å². The van der Waals surface area contributed by atoms with Crippen LogP contribution in [0.1, 0.15) is 19.3 Å². The van der Waals surface area contributed by atoms with Crippen LogP contribution in [0.4, 0.5) is 10.1 Å². The Bertz CT molecular complexity index is 1270. The van der Waals surface area contributed by atoms with E-state index in [0.717, 1.165) is 42.0 Å².